The van der Waals surface area contributed by atoms with Crippen molar-refractivity contribution in [3.8, 4) is 0 Å². The molecule has 0 bridgehead atoms. The lowest BCUT2D eigenvalue weighted by Crippen LogP contribution is -2.49. The van der Waals surface area contributed by atoms with Gasteiger partial charge in [-0.3, -0.25) is 4.79 Å². The highest BCUT2D eigenvalue weighted by Crippen LogP contribution is 2.17. The van der Waals surface area contributed by atoms with Crippen LogP contribution in [0, 0.1) is 11.6 Å². The topological polar surface area (TPSA) is 41.4 Å². The van der Waals surface area contributed by atoms with E-state index >= 15 is 0 Å². The maximum absolute atomic E-state index is 13.3. The van der Waals surface area contributed by atoms with Crippen LogP contribution in [0.5, 0.6) is 0 Å². The number of halogens is 2. The largest absolute Gasteiger partial charge is 0.339 e. The zero-order valence-electron chi connectivity index (χ0n) is 12.9. The van der Waals surface area contributed by atoms with E-state index < -0.39 is 11.6 Å². The van der Waals surface area contributed by atoms with Gasteiger partial charge in [-0.15, -0.1) is 0 Å². The second-order valence-corrected chi connectivity index (χ2v) is 5.42. The summed E-state index contributed by atoms with van der Waals surface area (Å²) < 4.78 is 28.3. The summed E-state index contributed by atoms with van der Waals surface area (Å²) >= 11 is 0. The summed E-state index contributed by atoms with van der Waals surface area (Å²) in [6.07, 6.45) is 3.69. The highest BCUT2D eigenvalue weighted by atomic mass is 19.2. The molecule has 0 spiro atoms. The third kappa shape index (κ3) is 3.04. The summed E-state index contributed by atoms with van der Waals surface area (Å²) in [6.45, 7) is 5.25. The fraction of sp³-hybridized carbons (Fsp3) is 0.375. The molecule has 5 nitrogen and oxygen atoms in total. The van der Waals surface area contributed by atoms with Gasteiger partial charge < -0.3 is 14.4 Å². The average molecular weight is 320 g/mol. The number of hydrogen-bond acceptors (Lipinski definition) is 3. The van der Waals surface area contributed by atoms with Crippen LogP contribution in [0.1, 0.15) is 17.3 Å². The summed E-state index contributed by atoms with van der Waals surface area (Å²) in [6, 6.07) is 3.25. The fourth-order valence-corrected chi connectivity index (χ4v) is 2.75. The van der Waals surface area contributed by atoms with Gasteiger partial charge in [-0.2, -0.15) is 0 Å². The quantitative estimate of drug-likeness (QED) is 0.870. The number of amides is 1. The van der Waals surface area contributed by atoms with E-state index in [1.807, 2.05) is 17.7 Å². The molecule has 1 aromatic heterocycles. The molecule has 23 heavy (non-hydrogen) atoms. The van der Waals surface area contributed by atoms with Crippen LogP contribution in [-0.2, 0) is 6.54 Å². The standard InChI is InChI=1S/C16H18F2N4O/c1-2-20-6-5-19-16(20)22-9-7-21(8-10-22)15(23)12-3-4-13(17)14(18)11-12/h3-6,11H,2,7-10H2,1H3. The van der Waals surface area contributed by atoms with Crippen LogP contribution in [0.2, 0.25) is 0 Å². The Balaban J connectivity index is 1.66. The number of carbonyl (C=O) groups is 1. The van der Waals surface area contributed by atoms with Crippen molar-refractivity contribution in [2.45, 2.75) is 13.5 Å². The SMILES string of the molecule is CCn1ccnc1N1CCN(C(=O)c2ccc(F)c(F)c2)CC1. The van der Waals surface area contributed by atoms with Crippen molar-refractivity contribution in [3.05, 3.63) is 47.8 Å². The van der Waals surface area contributed by atoms with Gasteiger partial charge in [0.1, 0.15) is 0 Å². The van der Waals surface area contributed by atoms with Crippen molar-refractivity contribution < 1.29 is 13.6 Å². The van der Waals surface area contributed by atoms with E-state index in [2.05, 4.69) is 9.88 Å². The third-order valence-electron chi connectivity index (χ3n) is 4.05. The maximum Gasteiger partial charge on any atom is 0.254 e. The summed E-state index contributed by atoms with van der Waals surface area (Å²) in [7, 11) is 0. The van der Waals surface area contributed by atoms with Gasteiger partial charge in [0.2, 0.25) is 5.95 Å². The predicted octanol–water partition coefficient (Wildman–Crippen LogP) is 2.14. The Bertz CT molecular complexity index is 708. The van der Waals surface area contributed by atoms with Crippen molar-refractivity contribution in [3.63, 3.8) is 0 Å². The first-order chi connectivity index (χ1) is 11.1. The van der Waals surface area contributed by atoms with Gasteiger partial charge in [-0.25, -0.2) is 13.8 Å². The van der Waals surface area contributed by atoms with Crippen LogP contribution in [0.3, 0.4) is 0 Å². The zero-order valence-corrected chi connectivity index (χ0v) is 12.9. The first-order valence-electron chi connectivity index (χ1n) is 7.60. The lowest BCUT2D eigenvalue weighted by Gasteiger charge is -2.35. The number of imidazole rings is 1. The Morgan fingerprint density at radius 3 is 2.57 bits per heavy atom. The highest BCUT2D eigenvalue weighted by molar-refractivity contribution is 5.94. The van der Waals surface area contributed by atoms with Gasteiger partial charge in [-0.05, 0) is 25.1 Å². The van der Waals surface area contributed by atoms with Gasteiger partial charge in [0.05, 0.1) is 0 Å². The number of nitrogens with zero attached hydrogens (tertiary/aromatic N) is 4. The van der Waals surface area contributed by atoms with Crippen LogP contribution >= 0.6 is 0 Å². The van der Waals surface area contributed by atoms with Crippen LogP contribution in [0.4, 0.5) is 14.7 Å². The molecule has 0 unspecified atom stereocenters. The van der Waals surface area contributed by atoms with Crippen molar-refractivity contribution >= 4 is 11.9 Å². The molecule has 122 valence electrons. The molecule has 1 amide bonds. The molecule has 0 radical (unpaired) electrons. The van der Waals surface area contributed by atoms with Gasteiger partial charge >= 0.3 is 0 Å². The van der Waals surface area contributed by atoms with E-state index in [4.69, 9.17) is 0 Å². The third-order valence-corrected chi connectivity index (χ3v) is 4.05. The maximum atomic E-state index is 13.3. The molecule has 0 N–H and O–H groups in total. The Labute approximate surface area is 133 Å². The summed E-state index contributed by atoms with van der Waals surface area (Å²) in [5, 5.41) is 0. The van der Waals surface area contributed by atoms with Crippen molar-refractivity contribution in [1.29, 1.82) is 0 Å². The van der Waals surface area contributed by atoms with Gasteiger partial charge in [-0.1, -0.05) is 0 Å². The molecule has 0 aliphatic carbocycles. The molecule has 7 heteroatoms. The minimum atomic E-state index is -1.00. The van der Waals surface area contributed by atoms with Gasteiger partial charge in [0, 0.05) is 50.7 Å². The molecule has 0 atom stereocenters. The lowest BCUT2D eigenvalue weighted by atomic mass is 10.1. The van der Waals surface area contributed by atoms with Crippen LogP contribution in [0.15, 0.2) is 30.6 Å². The Kier molecular flexibility index (Phi) is 4.27. The minimum Gasteiger partial charge on any atom is -0.339 e. The molecule has 0 saturated carbocycles. The van der Waals surface area contributed by atoms with Gasteiger partial charge in [0.15, 0.2) is 11.6 Å². The second kappa shape index (κ2) is 6.36. The van der Waals surface area contributed by atoms with E-state index in [0.29, 0.717) is 26.2 Å². The van der Waals surface area contributed by atoms with E-state index in [9.17, 15) is 13.6 Å². The first-order valence-corrected chi connectivity index (χ1v) is 7.60. The minimum absolute atomic E-state index is 0.174. The number of benzene rings is 1. The molecule has 2 heterocycles. The summed E-state index contributed by atoms with van der Waals surface area (Å²) in [4.78, 5) is 20.5. The van der Waals surface area contributed by atoms with E-state index in [1.165, 1.54) is 6.07 Å². The molecular formula is C16H18F2N4O. The van der Waals surface area contributed by atoms with Crippen molar-refractivity contribution in [2.24, 2.45) is 0 Å². The lowest BCUT2D eigenvalue weighted by molar-refractivity contribution is 0.0745. The Morgan fingerprint density at radius 2 is 1.91 bits per heavy atom. The number of hydrogen-bond donors (Lipinski definition) is 0. The Morgan fingerprint density at radius 1 is 1.17 bits per heavy atom. The van der Waals surface area contributed by atoms with E-state index in [0.717, 1.165) is 24.6 Å². The van der Waals surface area contributed by atoms with Gasteiger partial charge in [0.25, 0.3) is 5.91 Å². The smallest absolute Gasteiger partial charge is 0.254 e. The summed E-state index contributed by atoms with van der Waals surface area (Å²) in [5.41, 5.74) is 0.174. The van der Waals surface area contributed by atoms with Crippen molar-refractivity contribution in [1.82, 2.24) is 14.5 Å². The van der Waals surface area contributed by atoms with Crippen LogP contribution in [0.25, 0.3) is 0 Å². The molecule has 1 fully saturated rings. The number of aromatic nitrogens is 2. The first kappa shape index (κ1) is 15.5. The van der Waals surface area contributed by atoms with Crippen LogP contribution in [-0.4, -0.2) is 46.5 Å². The number of carbonyl (C=O) groups excluding carboxylic acids is 1. The number of aryl methyl sites for hydroxylation is 1. The molecule has 1 aromatic carbocycles. The molecule has 3 rings (SSSR count). The fourth-order valence-electron chi connectivity index (χ4n) is 2.75. The molecule has 2 aromatic rings. The number of anilines is 1. The number of rotatable bonds is 3. The highest BCUT2D eigenvalue weighted by Gasteiger charge is 2.24. The predicted molar refractivity (Wildman–Crippen MR) is 82.4 cm³/mol. The van der Waals surface area contributed by atoms with E-state index in [1.54, 1.807) is 11.1 Å². The Hall–Kier alpha value is -2.44. The normalized spacial score (nSPS) is 15.1. The van der Waals surface area contributed by atoms with Crippen LogP contribution < -0.4 is 4.90 Å². The monoisotopic (exact) mass is 320 g/mol. The summed E-state index contributed by atoms with van der Waals surface area (Å²) in [5.74, 6) is -1.33. The van der Waals surface area contributed by atoms with E-state index in [-0.39, 0.29) is 11.5 Å². The molecule has 1 aliphatic heterocycles. The second-order valence-electron chi connectivity index (χ2n) is 5.42. The molecular weight excluding hydrogens is 302 g/mol. The zero-order chi connectivity index (χ0) is 16.4. The molecule has 1 aliphatic rings. The van der Waals surface area contributed by atoms with Crippen molar-refractivity contribution in [2.75, 3.05) is 31.1 Å². The average Bonchev–Trinajstić information content (AvgIpc) is 3.05. The number of piperazine rings is 1. The molecule has 1 saturated heterocycles.